The van der Waals surface area contributed by atoms with Gasteiger partial charge in [-0.1, -0.05) is 23.2 Å². The molecule has 0 aliphatic carbocycles. The molecule has 0 fully saturated rings. The first kappa shape index (κ1) is 14.8. The third kappa shape index (κ3) is 3.30. The summed E-state index contributed by atoms with van der Waals surface area (Å²) in [5.74, 6) is -0.815. The molecule has 0 saturated carbocycles. The molecule has 0 bridgehead atoms. The van der Waals surface area contributed by atoms with Crippen molar-refractivity contribution in [2.45, 2.75) is 0 Å². The van der Waals surface area contributed by atoms with Crippen LogP contribution >= 0.6 is 34.5 Å². The second-order valence-corrected chi connectivity index (χ2v) is 5.66. The number of amides is 1. The molecule has 1 aromatic heterocycles. The SMILES string of the molecule is COC(=O)c1ccc(NC(=O)c2ccc(Cl)cc2Cl)s1. The fourth-order valence-corrected chi connectivity index (χ4v) is 2.78. The smallest absolute Gasteiger partial charge is 0.348 e. The molecule has 20 heavy (non-hydrogen) atoms. The third-order valence-electron chi connectivity index (χ3n) is 2.41. The molecule has 4 nitrogen and oxygen atoms in total. The van der Waals surface area contributed by atoms with Crippen molar-refractivity contribution in [2.24, 2.45) is 0 Å². The highest BCUT2D eigenvalue weighted by atomic mass is 35.5. The molecule has 1 N–H and O–H groups in total. The van der Waals surface area contributed by atoms with E-state index in [0.29, 0.717) is 20.5 Å². The largest absolute Gasteiger partial charge is 0.465 e. The molecule has 1 aromatic carbocycles. The highest BCUT2D eigenvalue weighted by molar-refractivity contribution is 7.18. The molecule has 1 heterocycles. The van der Waals surface area contributed by atoms with Crippen molar-refractivity contribution in [3.63, 3.8) is 0 Å². The van der Waals surface area contributed by atoms with Crippen LogP contribution in [0.5, 0.6) is 0 Å². The number of carbonyl (C=O) groups is 2. The normalized spacial score (nSPS) is 10.2. The summed E-state index contributed by atoms with van der Waals surface area (Å²) >= 11 is 12.8. The maximum atomic E-state index is 12.0. The summed E-state index contributed by atoms with van der Waals surface area (Å²) in [7, 11) is 1.30. The lowest BCUT2D eigenvalue weighted by atomic mass is 10.2. The molecule has 0 saturated heterocycles. The van der Waals surface area contributed by atoms with Crippen LogP contribution in [0.15, 0.2) is 30.3 Å². The Morgan fingerprint density at radius 1 is 1.20 bits per heavy atom. The monoisotopic (exact) mass is 329 g/mol. The number of hydrogen-bond donors (Lipinski definition) is 1. The summed E-state index contributed by atoms with van der Waals surface area (Å²) in [6.07, 6.45) is 0. The number of hydrogen-bond acceptors (Lipinski definition) is 4. The van der Waals surface area contributed by atoms with Gasteiger partial charge in [0, 0.05) is 5.02 Å². The van der Waals surface area contributed by atoms with E-state index in [1.54, 1.807) is 18.2 Å². The molecule has 2 rings (SSSR count). The van der Waals surface area contributed by atoms with Crippen LogP contribution in [0.1, 0.15) is 20.0 Å². The van der Waals surface area contributed by atoms with Crippen LogP contribution < -0.4 is 5.32 Å². The number of ether oxygens (including phenoxy) is 1. The van der Waals surface area contributed by atoms with E-state index in [1.165, 1.54) is 19.2 Å². The Balaban J connectivity index is 2.15. The maximum absolute atomic E-state index is 12.0. The molecular formula is C13H9Cl2NO3S. The number of benzene rings is 1. The van der Waals surface area contributed by atoms with E-state index in [1.807, 2.05) is 0 Å². The minimum atomic E-state index is -0.444. The van der Waals surface area contributed by atoms with Crippen molar-refractivity contribution in [2.75, 3.05) is 12.4 Å². The lowest BCUT2D eigenvalue weighted by molar-refractivity contribution is 0.0606. The number of methoxy groups -OCH3 is 1. The van der Waals surface area contributed by atoms with Gasteiger partial charge in [0.15, 0.2) is 0 Å². The van der Waals surface area contributed by atoms with Crippen molar-refractivity contribution < 1.29 is 14.3 Å². The summed E-state index contributed by atoms with van der Waals surface area (Å²) in [4.78, 5) is 23.8. The predicted octanol–water partition coefficient (Wildman–Crippen LogP) is 4.09. The lowest BCUT2D eigenvalue weighted by Gasteiger charge is -2.04. The molecule has 0 spiro atoms. The molecule has 0 radical (unpaired) electrons. The van der Waals surface area contributed by atoms with E-state index in [9.17, 15) is 9.59 Å². The Morgan fingerprint density at radius 3 is 2.60 bits per heavy atom. The summed E-state index contributed by atoms with van der Waals surface area (Å²) in [5, 5.41) is 3.91. The molecule has 104 valence electrons. The van der Waals surface area contributed by atoms with E-state index in [-0.39, 0.29) is 10.9 Å². The predicted molar refractivity (Wildman–Crippen MR) is 80.1 cm³/mol. The van der Waals surface area contributed by atoms with Crippen molar-refractivity contribution in [1.82, 2.24) is 0 Å². The zero-order chi connectivity index (χ0) is 14.7. The molecule has 1 amide bonds. The molecule has 7 heteroatoms. The Labute approximate surface area is 129 Å². The minimum Gasteiger partial charge on any atom is -0.465 e. The van der Waals surface area contributed by atoms with E-state index < -0.39 is 5.97 Å². The van der Waals surface area contributed by atoms with Gasteiger partial charge in [-0.2, -0.15) is 0 Å². The molecule has 0 aliphatic rings. The molecule has 0 unspecified atom stereocenters. The average molecular weight is 330 g/mol. The van der Waals surface area contributed by atoms with E-state index in [0.717, 1.165) is 11.3 Å². The topological polar surface area (TPSA) is 55.4 Å². The Bertz CT molecular complexity index is 669. The Hall–Kier alpha value is -1.56. The zero-order valence-electron chi connectivity index (χ0n) is 10.3. The van der Waals surface area contributed by atoms with Crippen molar-refractivity contribution >= 4 is 51.4 Å². The number of nitrogens with one attached hydrogen (secondary N) is 1. The van der Waals surface area contributed by atoms with E-state index in [4.69, 9.17) is 23.2 Å². The second kappa shape index (κ2) is 6.26. The Morgan fingerprint density at radius 2 is 1.95 bits per heavy atom. The third-order valence-corrected chi connectivity index (χ3v) is 3.93. The van der Waals surface area contributed by atoms with Crippen LogP contribution in [0, 0.1) is 0 Å². The highest BCUT2D eigenvalue weighted by Crippen LogP contribution is 2.25. The fourth-order valence-electron chi connectivity index (χ4n) is 1.47. The first-order valence-corrected chi connectivity index (χ1v) is 7.03. The number of thiophene rings is 1. The summed E-state index contributed by atoms with van der Waals surface area (Å²) < 4.78 is 4.59. The van der Waals surface area contributed by atoms with Gasteiger partial charge in [0.2, 0.25) is 0 Å². The van der Waals surface area contributed by atoms with Gasteiger partial charge >= 0.3 is 5.97 Å². The van der Waals surface area contributed by atoms with Crippen molar-refractivity contribution in [3.8, 4) is 0 Å². The molecule has 0 atom stereocenters. The van der Waals surface area contributed by atoms with Crippen molar-refractivity contribution in [1.29, 1.82) is 0 Å². The number of esters is 1. The summed E-state index contributed by atoms with van der Waals surface area (Å²) in [6.45, 7) is 0. The fraction of sp³-hybridized carbons (Fsp3) is 0.0769. The van der Waals surface area contributed by atoms with Gasteiger partial charge in [0.05, 0.1) is 22.7 Å². The number of carbonyl (C=O) groups excluding carboxylic acids is 2. The maximum Gasteiger partial charge on any atom is 0.348 e. The average Bonchev–Trinajstić information content (AvgIpc) is 2.86. The first-order valence-electron chi connectivity index (χ1n) is 5.46. The minimum absolute atomic E-state index is 0.264. The van der Waals surface area contributed by atoms with Gasteiger partial charge in [-0.05, 0) is 30.3 Å². The molecule has 2 aromatic rings. The number of anilines is 1. The number of rotatable bonds is 3. The van der Waals surface area contributed by atoms with Crippen molar-refractivity contribution in [3.05, 3.63) is 50.8 Å². The summed E-state index contributed by atoms with van der Waals surface area (Å²) in [5.41, 5.74) is 0.309. The van der Waals surface area contributed by atoms with Crippen LogP contribution in [0.3, 0.4) is 0 Å². The van der Waals surface area contributed by atoms with Crippen LogP contribution in [0.25, 0.3) is 0 Å². The Kier molecular flexibility index (Phi) is 4.65. The van der Waals surface area contributed by atoms with Gasteiger partial charge in [-0.15, -0.1) is 11.3 Å². The van der Waals surface area contributed by atoms with Gasteiger partial charge in [-0.25, -0.2) is 4.79 Å². The molecular weight excluding hydrogens is 321 g/mol. The van der Waals surface area contributed by atoms with Crippen LogP contribution in [0.4, 0.5) is 5.00 Å². The molecule has 0 aliphatic heterocycles. The van der Waals surface area contributed by atoms with Gasteiger partial charge < -0.3 is 10.1 Å². The standard InChI is InChI=1S/C13H9Cl2NO3S/c1-19-13(18)10-4-5-11(20-10)16-12(17)8-3-2-7(14)6-9(8)15/h2-6H,1H3,(H,16,17). The van der Waals surface area contributed by atoms with E-state index >= 15 is 0 Å². The van der Waals surface area contributed by atoms with Crippen LogP contribution in [0.2, 0.25) is 10.0 Å². The first-order chi connectivity index (χ1) is 9.51. The van der Waals surface area contributed by atoms with Gasteiger partial charge in [-0.3, -0.25) is 4.79 Å². The highest BCUT2D eigenvalue weighted by Gasteiger charge is 2.14. The van der Waals surface area contributed by atoms with Gasteiger partial charge in [0.25, 0.3) is 5.91 Å². The zero-order valence-corrected chi connectivity index (χ0v) is 12.6. The quantitative estimate of drug-likeness (QED) is 0.862. The van der Waals surface area contributed by atoms with Crippen LogP contribution in [-0.4, -0.2) is 19.0 Å². The summed E-state index contributed by atoms with van der Waals surface area (Å²) in [6, 6.07) is 7.81. The van der Waals surface area contributed by atoms with E-state index in [2.05, 4.69) is 10.1 Å². The van der Waals surface area contributed by atoms with Crippen LogP contribution in [-0.2, 0) is 4.74 Å². The van der Waals surface area contributed by atoms with Gasteiger partial charge in [0.1, 0.15) is 4.88 Å². The number of halogens is 2. The lowest BCUT2D eigenvalue weighted by Crippen LogP contribution is -2.11. The second-order valence-electron chi connectivity index (χ2n) is 3.73.